The van der Waals surface area contributed by atoms with Gasteiger partial charge < -0.3 is 11.1 Å². The van der Waals surface area contributed by atoms with Crippen LogP contribution in [-0.4, -0.2) is 30.4 Å². The summed E-state index contributed by atoms with van der Waals surface area (Å²) >= 11 is 0. The zero-order valence-electron chi connectivity index (χ0n) is 11.9. The molecular formula is C15H23N3O. The SMILES string of the molecule is Cc1c(N)cccc1NC(=O)CN1CC(C)C(C)C1. The van der Waals surface area contributed by atoms with E-state index in [2.05, 4.69) is 24.1 Å². The molecule has 0 saturated carbocycles. The lowest BCUT2D eigenvalue weighted by molar-refractivity contribution is -0.117. The van der Waals surface area contributed by atoms with Gasteiger partial charge in [0, 0.05) is 24.5 Å². The van der Waals surface area contributed by atoms with Crippen LogP contribution in [0.25, 0.3) is 0 Å². The van der Waals surface area contributed by atoms with Crippen molar-refractivity contribution >= 4 is 17.3 Å². The highest BCUT2D eigenvalue weighted by Gasteiger charge is 2.27. The molecule has 19 heavy (non-hydrogen) atoms. The van der Waals surface area contributed by atoms with Crippen molar-refractivity contribution in [2.24, 2.45) is 11.8 Å². The molecule has 0 aliphatic carbocycles. The van der Waals surface area contributed by atoms with E-state index in [1.165, 1.54) is 0 Å². The molecule has 0 spiro atoms. The summed E-state index contributed by atoms with van der Waals surface area (Å²) in [5, 5.41) is 2.95. The van der Waals surface area contributed by atoms with Crippen molar-refractivity contribution in [3.63, 3.8) is 0 Å². The van der Waals surface area contributed by atoms with E-state index in [1.807, 2.05) is 25.1 Å². The predicted molar refractivity (Wildman–Crippen MR) is 79.0 cm³/mol. The molecule has 1 fully saturated rings. The summed E-state index contributed by atoms with van der Waals surface area (Å²) in [6, 6.07) is 5.59. The molecule has 1 amide bonds. The Morgan fingerprint density at radius 1 is 1.37 bits per heavy atom. The third-order valence-electron chi connectivity index (χ3n) is 4.08. The van der Waals surface area contributed by atoms with Crippen LogP contribution in [0.5, 0.6) is 0 Å². The van der Waals surface area contributed by atoms with Crippen LogP contribution in [-0.2, 0) is 4.79 Å². The Kier molecular flexibility index (Phi) is 4.10. The van der Waals surface area contributed by atoms with E-state index in [-0.39, 0.29) is 5.91 Å². The van der Waals surface area contributed by atoms with Gasteiger partial charge in [0.05, 0.1) is 6.54 Å². The lowest BCUT2D eigenvalue weighted by Crippen LogP contribution is -2.31. The summed E-state index contributed by atoms with van der Waals surface area (Å²) in [7, 11) is 0. The second-order valence-electron chi connectivity index (χ2n) is 5.72. The van der Waals surface area contributed by atoms with Crippen molar-refractivity contribution in [1.82, 2.24) is 4.90 Å². The maximum absolute atomic E-state index is 12.1. The maximum Gasteiger partial charge on any atom is 0.238 e. The molecule has 104 valence electrons. The fourth-order valence-corrected chi connectivity index (χ4v) is 2.56. The minimum absolute atomic E-state index is 0.0370. The molecule has 4 nitrogen and oxygen atoms in total. The van der Waals surface area contributed by atoms with Crippen LogP contribution < -0.4 is 11.1 Å². The average molecular weight is 261 g/mol. The van der Waals surface area contributed by atoms with E-state index in [9.17, 15) is 4.79 Å². The van der Waals surface area contributed by atoms with Gasteiger partial charge in [0.15, 0.2) is 0 Å². The van der Waals surface area contributed by atoms with Gasteiger partial charge in [-0.15, -0.1) is 0 Å². The van der Waals surface area contributed by atoms with E-state index < -0.39 is 0 Å². The normalized spacial score (nSPS) is 23.5. The van der Waals surface area contributed by atoms with Crippen LogP contribution in [0, 0.1) is 18.8 Å². The Morgan fingerprint density at radius 2 is 2.00 bits per heavy atom. The van der Waals surface area contributed by atoms with Gasteiger partial charge in [0.1, 0.15) is 0 Å². The number of anilines is 2. The first-order chi connectivity index (χ1) is 8.97. The second-order valence-corrected chi connectivity index (χ2v) is 5.72. The molecule has 0 aromatic heterocycles. The Labute approximate surface area is 115 Å². The van der Waals surface area contributed by atoms with Gasteiger partial charge in [-0.05, 0) is 36.5 Å². The lowest BCUT2D eigenvalue weighted by Gasteiger charge is -2.16. The number of nitrogens with zero attached hydrogens (tertiary/aromatic N) is 1. The topological polar surface area (TPSA) is 58.4 Å². The summed E-state index contributed by atoms with van der Waals surface area (Å²) in [6.07, 6.45) is 0. The first-order valence-corrected chi connectivity index (χ1v) is 6.84. The van der Waals surface area contributed by atoms with E-state index in [0.717, 1.165) is 24.3 Å². The number of nitrogens with one attached hydrogen (secondary N) is 1. The summed E-state index contributed by atoms with van der Waals surface area (Å²) in [5.41, 5.74) is 8.28. The number of nitrogens with two attached hydrogens (primary N) is 1. The molecule has 3 N–H and O–H groups in total. The number of amides is 1. The monoisotopic (exact) mass is 261 g/mol. The third-order valence-corrected chi connectivity index (χ3v) is 4.08. The summed E-state index contributed by atoms with van der Waals surface area (Å²) in [6.45, 7) is 8.87. The quantitative estimate of drug-likeness (QED) is 0.819. The first-order valence-electron chi connectivity index (χ1n) is 6.84. The molecule has 1 heterocycles. The molecule has 1 saturated heterocycles. The highest BCUT2D eigenvalue weighted by Crippen LogP contribution is 2.23. The molecule has 4 heteroatoms. The zero-order chi connectivity index (χ0) is 14.0. The number of rotatable bonds is 3. The Bertz CT molecular complexity index is 462. The first kappa shape index (κ1) is 13.9. The molecule has 2 rings (SSSR count). The molecule has 2 atom stereocenters. The van der Waals surface area contributed by atoms with Crippen LogP contribution >= 0.6 is 0 Å². The number of nitrogen functional groups attached to an aromatic ring is 1. The van der Waals surface area contributed by atoms with Gasteiger partial charge in [0.25, 0.3) is 0 Å². The molecule has 1 aromatic rings. The van der Waals surface area contributed by atoms with Crippen molar-refractivity contribution in [1.29, 1.82) is 0 Å². The zero-order valence-corrected chi connectivity index (χ0v) is 11.9. The largest absolute Gasteiger partial charge is 0.398 e. The van der Waals surface area contributed by atoms with Gasteiger partial charge in [-0.2, -0.15) is 0 Å². The number of hydrogen-bond acceptors (Lipinski definition) is 3. The van der Waals surface area contributed by atoms with Gasteiger partial charge in [-0.1, -0.05) is 19.9 Å². The van der Waals surface area contributed by atoms with Crippen LogP contribution in [0.2, 0.25) is 0 Å². The number of carbonyl (C=O) groups is 1. The standard InChI is InChI=1S/C15H23N3O/c1-10-7-18(8-11(10)2)9-15(19)17-14-6-4-5-13(16)12(14)3/h4-6,10-11H,7-9,16H2,1-3H3,(H,17,19). The van der Waals surface area contributed by atoms with Crippen LogP contribution in [0.15, 0.2) is 18.2 Å². The van der Waals surface area contributed by atoms with Crippen molar-refractivity contribution in [3.05, 3.63) is 23.8 Å². The summed E-state index contributed by atoms with van der Waals surface area (Å²) in [5.74, 6) is 1.37. The number of benzene rings is 1. The molecular weight excluding hydrogens is 238 g/mol. The fourth-order valence-electron chi connectivity index (χ4n) is 2.56. The molecule has 1 aliphatic rings. The van der Waals surface area contributed by atoms with E-state index >= 15 is 0 Å². The molecule has 0 radical (unpaired) electrons. The maximum atomic E-state index is 12.1. The average Bonchev–Trinajstić information content (AvgIpc) is 2.64. The minimum Gasteiger partial charge on any atom is -0.398 e. The third kappa shape index (κ3) is 3.26. The molecule has 0 bridgehead atoms. The summed E-state index contributed by atoms with van der Waals surface area (Å²) < 4.78 is 0. The van der Waals surface area contributed by atoms with Gasteiger partial charge in [-0.3, -0.25) is 9.69 Å². The van der Waals surface area contributed by atoms with Crippen molar-refractivity contribution in [2.45, 2.75) is 20.8 Å². The summed E-state index contributed by atoms with van der Waals surface area (Å²) in [4.78, 5) is 14.3. The smallest absolute Gasteiger partial charge is 0.238 e. The Morgan fingerprint density at radius 3 is 2.63 bits per heavy atom. The Hall–Kier alpha value is -1.55. The van der Waals surface area contributed by atoms with Crippen LogP contribution in [0.4, 0.5) is 11.4 Å². The minimum atomic E-state index is 0.0370. The van der Waals surface area contributed by atoms with Gasteiger partial charge in [0.2, 0.25) is 5.91 Å². The van der Waals surface area contributed by atoms with Gasteiger partial charge >= 0.3 is 0 Å². The van der Waals surface area contributed by atoms with Crippen LogP contribution in [0.3, 0.4) is 0 Å². The van der Waals surface area contributed by atoms with Crippen LogP contribution in [0.1, 0.15) is 19.4 Å². The molecule has 1 aliphatic heterocycles. The lowest BCUT2D eigenvalue weighted by atomic mass is 10.0. The number of likely N-dealkylation sites (tertiary alicyclic amines) is 1. The number of hydrogen-bond donors (Lipinski definition) is 2. The van der Waals surface area contributed by atoms with E-state index in [4.69, 9.17) is 5.73 Å². The van der Waals surface area contributed by atoms with Crippen molar-refractivity contribution in [3.8, 4) is 0 Å². The fraction of sp³-hybridized carbons (Fsp3) is 0.533. The Balaban J connectivity index is 1.93. The molecule has 1 aromatic carbocycles. The second kappa shape index (κ2) is 5.61. The highest BCUT2D eigenvalue weighted by atomic mass is 16.2. The predicted octanol–water partition coefficient (Wildman–Crippen LogP) is 2.10. The number of carbonyl (C=O) groups excluding carboxylic acids is 1. The van der Waals surface area contributed by atoms with Crippen molar-refractivity contribution in [2.75, 3.05) is 30.7 Å². The van der Waals surface area contributed by atoms with Crippen molar-refractivity contribution < 1.29 is 4.79 Å². The highest BCUT2D eigenvalue weighted by molar-refractivity contribution is 5.93. The molecule has 2 unspecified atom stereocenters. The van der Waals surface area contributed by atoms with Gasteiger partial charge in [-0.25, -0.2) is 0 Å². The van der Waals surface area contributed by atoms with E-state index in [0.29, 0.717) is 24.1 Å². The van der Waals surface area contributed by atoms with E-state index in [1.54, 1.807) is 0 Å².